The number of alkyl carbamates (subject to hydrolysis) is 1. The molecular formula is C41H61N7O8. The van der Waals surface area contributed by atoms with Gasteiger partial charge in [0.2, 0.25) is 29.5 Å². The third kappa shape index (κ3) is 18.1. The van der Waals surface area contributed by atoms with Crippen LogP contribution in [-0.2, 0) is 41.6 Å². The number of aliphatic hydroxyl groups excluding tert-OH is 1. The molecule has 3 rings (SSSR count). The Morgan fingerprint density at radius 3 is 1.88 bits per heavy atom. The van der Waals surface area contributed by atoms with Crippen LogP contribution < -0.4 is 37.6 Å². The van der Waals surface area contributed by atoms with E-state index < -0.39 is 59.7 Å². The average molecular weight is 780 g/mol. The number of rotatable bonds is 6. The molecule has 1 fully saturated rings. The first-order valence-electron chi connectivity index (χ1n) is 19.6. The van der Waals surface area contributed by atoms with E-state index in [2.05, 4.69) is 31.9 Å². The molecule has 0 radical (unpaired) electrons. The lowest BCUT2D eigenvalue weighted by molar-refractivity contribution is -0.129. The summed E-state index contributed by atoms with van der Waals surface area (Å²) in [7, 11) is 0. The SMILES string of the molecule is CC(C)(C)OC(=O)N[C@H]1CCCCNC(=O)CCCC(=O)NCCCC[C@@H](C(N)=O)NC(=O)[C@H](Cc2ccccc2)NCC(O)[C@H](Cc2ccccc2)NC1=O. The second-order valence-corrected chi connectivity index (χ2v) is 15.2. The zero-order valence-electron chi connectivity index (χ0n) is 32.9. The van der Waals surface area contributed by atoms with Gasteiger partial charge in [0.15, 0.2) is 0 Å². The van der Waals surface area contributed by atoms with Gasteiger partial charge in [-0.3, -0.25) is 24.0 Å². The molecule has 15 nitrogen and oxygen atoms in total. The molecule has 308 valence electrons. The third-order valence-corrected chi connectivity index (χ3v) is 9.22. The number of aliphatic hydroxyl groups is 1. The monoisotopic (exact) mass is 779 g/mol. The smallest absolute Gasteiger partial charge is 0.408 e. The van der Waals surface area contributed by atoms with E-state index in [0.717, 1.165) is 11.1 Å². The maximum absolute atomic E-state index is 13.9. The fourth-order valence-electron chi connectivity index (χ4n) is 6.21. The van der Waals surface area contributed by atoms with Crippen molar-refractivity contribution in [3.63, 3.8) is 0 Å². The highest BCUT2D eigenvalue weighted by molar-refractivity contribution is 5.89. The average Bonchev–Trinajstić information content (AvgIpc) is 3.14. The Labute approximate surface area is 330 Å². The summed E-state index contributed by atoms with van der Waals surface area (Å²) in [6.07, 6.45) is 1.70. The van der Waals surface area contributed by atoms with Crippen LogP contribution in [0.2, 0.25) is 0 Å². The van der Waals surface area contributed by atoms with Gasteiger partial charge in [0.25, 0.3) is 0 Å². The van der Waals surface area contributed by atoms with Gasteiger partial charge in [0, 0.05) is 32.5 Å². The lowest BCUT2D eigenvalue weighted by Gasteiger charge is -2.29. The van der Waals surface area contributed by atoms with Crippen LogP contribution >= 0.6 is 0 Å². The lowest BCUT2D eigenvalue weighted by atomic mass is 9.99. The largest absolute Gasteiger partial charge is 0.444 e. The Kier molecular flexibility index (Phi) is 19.3. The molecule has 2 aromatic rings. The predicted octanol–water partition coefficient (Wildman–Crippen LogP) is 1.90. The molecule has 5 atom stereocenters. The molecular weight excluding hydrogens is 718 g/mol. The van der Waals surface area contributed by atoms with Gasteiger partial charge in [-0.15, -0.1) is 0 Å². The maximum Gasteiger partial charge on any atom is 0.408 e. The molecule has 9 N–H and O–H groups in total. The second-order valence-electron chi connectivity index (χ2n) is 15.2. The number of carbonyl (C=O) groups is 6. The lowest BCUT2D eigenvalue weighted by Crippen LogP contribution is -2.57. The molecule has 1 saturated heterocycles. The highest BCUT2D eigenvalue weighted by Gasteiger charge is 2.30. The Hall–Kier alpha value is -5.02. The molecule has 0 saturated carbocycles. The van der Waals surface area contributed by atoms with Crippen LogP contribution in [0.15, 0.2) is 60.7 Å². The Morgan fingerprint density at radius 1 is 0.768 bits per heavy atom. The van der Waals surface area contributed by atoms with Crippen molar-refractivity contribution in [2.24, 2.45) is 5.73 Å². The number of amides is 6. The fraction of sp³-hybridized carbons (Fsp3) is 0.561. The van der Waals surface area contributed by atoms with Crippen LogP contribution in [-0.4, -0.2) is 96.2 Å². The molecule has 1 aliphatic heterocycles. The fourth-order valence-corrected chi connectivity index (χ4v) is 6.21. The Bertz CT molecular complexity index is 1550. The molecule has 0 aromatic heterocycles. The van der Waals surface area contributed by atoms with Gasteiger partial charge in [0.1, 0.15) is 17.7 Å². The molecule has 1 aliphatic rings. The molecule has 2 aromatic carbocycles. The minimum absolute atomic E-state index is 0.118. The first kappa shape index (κ1) is 45.4. The minimum atomic E-state index is -1.21. The van der Waals surface area contributed by atoms with Crippen LogP contribution in [0, 0.1) is 0 Å². The summed E-state index contributed by atoms with van der Waals surface area (Å²) < 4.78 is 5.44. The molecule has 56 heavy (non-hydrogen) atoms. The van der Waals surface area contributed by atoms with Crippen molar-refractivity contribution in [3.05, 3.63) is 71.8 Å². The van der Waals surface area contributed by atoms with Gasteiger partial charge >= 0.3 is 6.09 Å². The number of primary amides is 1. The summed E-state index contributed by atoms with van der Waals surface area (Å²) in [6.45, 7) is 5.73. The van der Waals surface area contributed by atoms with Crippen molar-refractivity contribution in [1.82, 2.24) is 31.9 Å². The molecule has 1 heterocycles. The van der Waals surface area contributed by atoms with E-state index in [9.17, 15) is 33.9 Å². The van der Waals surface area contributed by atoms with Gasteiger partial charge in [-0.05, 0) is 89.7 Å². The van der Waals surface area contributed by atoms with Gasteiger partial charge in [-0.1, -0.05) is 60.7 Å². The van der Waals surface area contributed by atoms with E-state index in [1.54, 1.807) is 20.8 Å². The van der Waals surface area contributed by atoms with Crippen LogP contribution in [0.4, 0.5) is 4.79 Å². The second kappa shape index (κ2) is 23.8. The van der Waals surface area contributed by atoms with Crippen LogP contribution in [0.25, 0.3) is 0 Å². The number of hydrogen-bond acceptors (Lipinski definition) is 9. The number of β-amino-alcohol motifs (C(OH)–C–C–N with tert-alkyl or cyclic N) is 1. The maximum atomic E-state index is 13.9. The van der Waals surface area contributed by atoms with Crippen molar-refractivity contribution < 1.29 is 38.6 Å². The topological polar surface area (TPSA) is 230 Å². The molecule has 0 spiro atoms. The highest BCUT2D eigenvalue weighted by Crippen LogP contribution is 2.12. The van der Waals surface area contributed by atoms with Gasteiger partial charge in [0.05, 0.1) is 18.2 Å². The summed E-state index contributed by atoms with van der Waals surface area (Å²) in [5.41, 5.74) is 6.56. The number of carbonyl (C=O) groups excluding carboxylic acids is 6. The summed E-state index contributed by atoms with van der Waals surface area (Å²) in [6, 6.07) is 14.8. The van der Waals surface area contributed by atoms with Gasteiger partial charge in [-0.25, -0.2) is 4.79 Å². The summed E-state index contributed by atoms with van der Waals surface area (Å²) in [4.78, 5) is 77.7. The summed E-state index contributed by atoms with van der Waals surface area (Å²) >= 11 is 0. The van der Waals surface area contributed by atoms with E-state index in [1.807, 2.05) is 60.7 Å². The molecule has 0 bridgehead atoms. The van der Waals surface area contributed by atoms with Crippen molar-refractivity contribution >= 4 is 35.6 Å². The van der Waals surface area contributed by atoms with Crippen molar-refractivity contribution in [1.29, 1.82) is 0 Å². The van der Waals surface area contributed by atoms with Crippen molar-refractivity contribution in [2.75, 3.05) is 19.6 Å². The highest BCUT2D eigenvalue weighted by atomic mass is 16.6. The zero-order chi connectivity index (χ0) is 40.9. The minimum Gasteiger partial charge on any atom is -0.444 e. The molecule has 1 unspecified atom stereocenters. The normalized spacial score (nSPS) is 23.7. The van der Waals surface area contributed by atoms with Crippen LogP contribution in [0.1, 0.15) is 89.7 Å². The standard InChI is InChI=1S/C41H61N7O8/c1-41(2,3)56-40(55)48-31-20-11-13-24-44-36(51)22-14-21-35(50)43-23-12-10-19-30(37(42)52)46-39(54)33(26-29-17-8-5-9-18-29)45-27-34(49)32(47-38(31)53)25-28-15-6-4-7-16-28/h4-9,15-18,30-34,45,49H,10-14,19-27H2,1-3H3,(H2,42,52)(H,43,50)(H,44,51)(H,46,54)(H,47,53)(H,48,55)/t30-,31-,32-,33-,34?/m0/s1. The molecule has 6 amide bonds. The predicted molar refractivity (Wildman–Crippen MR) is 212 cm³/mol. The Morgan fingerprint density at radius 2 is 1.32 bits per heavy atom. The summed E-state index contributed by atoms with van der Waals surface area (Å²) in [5, 5.41) is 28.9. The van der Waals surface area contributed by atoms with E-state index in [-0.39, 0.29) is 56.9 Å². The van der Waals surface area contributed by atoms with E-state index in [1.165, 1.54) is 0 Å². The number of hydrogen-bond donors (Lipinski definition) is 8. The van der Waals surface area contributed by atoms with E-state index >= 15 is 0 Å². The van der Waals surface area contributed by atoms with Crippen molar-refractivity contribution in [3.8, 4) is 0 Å². The zero-order valence-corrected chi connectivity index (χ0v) is 32.9. The first-order valence-corrected chi connectivity index (χ1v) is 19.6. The Balaban J connectivity index is 1.88. The number of nitrogens with two attached hydrogens (primary N) is 1. The summed E-state index contributed by atoms with van der Waals surface area (Å²) in [5.74, 6) is -2.12. The molecule has 15 heteroatoms. The van der Waals surface area contributed by atoms with E-state index in [0.29, 0.717) is 45.2 Å². The quantitative estimate of drug-likeness (QED) is 0.214. The van der Waals surface area contributed by atoms with Crippen molar-refractivity contribution in [2.45, 2.75) is 127 Å². The number of ether oxygens (including phenoxy) is 1. The van der Waals surface area contributed by atoms with Gasteiger partial charge in [-0.2, -0.15) is 0 Å². The van der Waals surface area contributed by atoms with Gasteiger partial charge < -0.3 is 47.5 Å². The van der Waals surface area contributed by atoms with Crippen LogP contribution in [0.3, 0.4) is 0 Å². The van der Waals surface area contributed by atoms with Crippen LogP contribution in [0.5, 0.6) is 0 Å². The number of benzene rings is 2. The van der Waals surface area contributed by atoms with E-state index in [4.69, 9.17) is 10.5 Å². The first-order chi connectivity index (χ1) is 26.7. The number of nitrogens with one attached hydrogen (secondary N) is 6. The molecule has 0 aliphatic carbocycles. The third-order valence-electron chi connectivity index (χ3n) is 9.22.